The molecule has 3 aromatic rings. The first-order chi connectivity index (χ1) is 13.6. The summed E-state index contributed by atoms with van der Waals surface area (Å²) in [6.45, 7) is 5.19. The van der Waals surface area contributed by atoms with Crippen LogP contribution in [-0.4, -0.2) is 40.4 Å². The van der Waals surface area contributed by atoms with E-state index in [9.17, 15) is 4.79 Å². The van der Waals surface area contributed by atoms with Crippen molar-refractivity contribution < 1.29 is 9.53 Å². The normalized spacial score (nSPS) is 17.7. The zero-order chi connectivity index (χ0) is 19.5. The number of rotatable bonds is 6. The molecule has 0 bridgehead atoms. The second kappa shape index (κ2) is 8.59. The zero-order valence-corrected chi connectivity index (χ0v) is 17.6. The molecule has 28 heavy (non-hydrogen) atoms. The van der Waals surface area contributed by atoms with Crippen molar-refractivity contribution in [3.05, 3.63) is 42.2 Å². The Hall–Kier alpha value is -1.96. The van der Waals surface area contributed by atoms with Gasteiger partial charge in [-0.3, -0.25) is 4.79 Å². The Morgan fingerprint density at radius 2 is 2.18 bits per heavy atom. The third kappa shape index (κ3) is 4.37. The second-order valence-electron chi connectivity index (χ2n) is 6.91. The summed E-state index contributed by atoms with van der Waals surface area (Å²) in [6, 6.07) is 12.4. The first kappa shape index (κ1) is 19.4. The number of nitrogens with zero attached hydrogens (tertiary/aromatic N) is 2. The number of hydrogen-bond donors (Lipinski definition) is 1. The molecule has 1 N–H and O–H groups in total. The predicted molar refractivity (Wildman–Crippen MR) is 115 cm³/mol. The van der Waals surface area contributed by atoms with E-state index < -0.39 is 0 Å². The second-order valence-corrected chi connectivity index (χ2v) is 9.27. The monoisotopic (exact) mass is 413 g/mol. The summed E-state index contributed by atoms with van der Waals surface area (Å²) >= 11 is 3.15. The Balaban J connectivity index is 1.52. The number of hydrogen-bond acceptors (Lipinski definition) is 6. The molecule has 146 valence electrons. The maximum atomic E-state index is 12.5. The number of carbonyl (C=O) groups excluding carboxylic acids is 1. The summed E-state index contributed by atoms with van der Waals surface area (Å²) in [5.41, 5.74) is 1.17. The van der Waals surface area contributed by atoms with E-state index in [2.05, 4.69) is 33.5 Å². The van der Waals surface area contributed by atoms with Crippen LogP contribution in [0.2, 0.25) is 0 Å². The molecule has 0 saturated carbocycles. The van der Waals surface area contributed by atoms with Gasteiger partial charge in [-0.05, 0) is 38.3 Å². The molecule has 1 aliphatic heterocycles. The largest absolute Gasteiger partial charge is 0.376 e. The van der Waals surface area contributed by atoms with Crippen LogP contribution >= 0.6 is 23.1 Å². The molecule has 1 saturated heterocycles. The average Bonchev–Trinajstić information content (AvgIpc) is 3.36. The average molecular weight is 414 g/mol. The highest BCUT2D eigenvalue weighted by molar-refractivity contribution is 8.00. The van der Waals surface area contributed by atoms with E-state index in [1.54, 1.807) is 11.3 Å². The molecule has 1 fully saturated rings. The van der Waals surface area contributed by atoms with Gasteiger partial charge in [0.15, 0.2) is 0 Å². The van der Waals surface area contributed by atoms with E-state index in [1.807, 2.05) is 32.0 Å². The van der Waals surface area contributed by atoms with Crippen molar-refractivity contribution in [3.8, 4) is 10.4 Å². The summed E-state index contributed by atoms with van der Waals surface area (Å²) < 4.78 is 5.58. The summed E-state index contributed by atoms with van der Waals surface area (Å²) in [4.78, 5) is 23.9. The minimum absolute atomic E-state index is 0.0171. The van der Waals surface area contributed by atoms with Gasteiger partial charge in [-0.2, -0.15) is 0 Å². The summed E-state index contributed by atoms with van der Waals surface area (Å²) in [6.07, 6.45) is 2.25. The Morgan fingerprint density at radius 1 is 1.36 bits per heavy atom. The first-order valence-corrected chi connectivity index (χ1v) is 11.2. The molecular weight excluding hydrogens is 390 g/mol. The van der Waals surface area contributed by atoms with Gasteiger partial charge in [0.25, 0.3) is 0 Å². The summed E-state index contributed by atoms with van der Waals surface area (Å²) in [7, 11) is 0. The van der Waals surface area contributed by atoms with Gasteiger partial charge in [0, 0.05) is 23.4 Å². The number of ether oxygens (including phenoxy) is 1. The number of benzene rings is 1. The van der Waals surface area contributed by atoms with Crippen molar-refractivity contribution in [2.24, 2.45) is 0 Å². The zero-order valence-electron chi connectivity index (χ0n) is 16.0. The van der Waals surface area contributed by atoms with Gasteiger partial charge in [-0.15, -0.1) is 11.3 Å². The first-order valence-electron chi connectivity index (χ1n) is 9.50. The third-order valence-corrected chi connectivity index (χ3v) is 6.89. The summed E-state index contributed by atoms with van der Waals surface area (Å²) in [5, 5.41) is 4.65. The molecule has 2 atom stereocenters. The van der Waals surface area contributed by atoms with Crippen molar-refractivity contribution in [1.29, 1.82) is 0 Å². The van der Waals surface area contributed by atoms with Gasteiger partial charge in [0.2, 0.25) is 5.91 Å². The van der Waals surface area contributed by atoms with Crippen molar-refractivity contribution in [2.45, 2.75) is 43.1 Å². The van der Waals surface area contributed by atoms with Crippen LogP contribution in [0.1, 0.15) is 25.6 Å². The van der Waals surface area contributed by atoms with E-state index >= 15 is 0 Å². The Labute approximate surface area is 172 Å². The van der Waals surface area contributed by atoms with Gasteiger partial charge in [-0.1, -0.05) is 42.1 Å². The molecule has 0 unspecified atom stereocenters. The fraction of sp³-hybridized carbons (Fsp3) is 0.381. The fourth-order valence-corrected chi connectivity index (χ4v) is 5.36. The molecule has 7 heteroatoms. The van der Waals surface area contributed by atoms with Gasteiger partial charge >= 0.3 is 0 Å². The highest BCUT2D eigenvalue weighted by atomic mass is 32.2. The van der Waals surface area contributed by atoms with Crippen LogP contribution in [0.5, 0.6) is 0 Å². The molecule has 1 aliphatic rings. The number of thioether (sulfide) groups is 1. The lowest BCUT2D eigenvalue weighted by atomic mass is 10.2. The number of aromatic nitrogens is 2. The third-order valence-electron chi connectivity index (χ3n) is 4.71. The number of amides is 1. The minimum Gasteiger partial charge on any atom is -0.376 e. The van der Waals surface area contributed by atoms with E-state index in [4.69, 9.17) is 4.74 Å². The van der Waals surface area contributed by atoms with E-state index in [-0.39, 0.29) is 17.3 Å². The molecule has 0 aliphatic carbocycles. The number of thiophene rings is 1. The molecule has 1 amide bonds. The molecule has 3 heterocycles. The SMILES string of the molecule is Cc1nc(S[C@@H](C)C(=O)NC[C@@H]2CCCO2)c2cc(-c3ccccc3)sc2n1. The maximum absolute atomic E-state index is 12.5. The Morgan fingerprint density at radius 3 is 2.93 bits per heavy atom. The lowest BCUT2D eigenvalue weighted by molar-refractivity contribution is -0.120. The lowest BCUT2D eigenvalue weighted by Crippen LogP contribution is -2.36. The van der Waals surface area contributed by atoms with Crippen LogP contribution in [0.3, 0.4) is 0 Å². The van der Waals surface area contributed by atoms with Gasteiger partial charge < -0.3 is 10.1 Å². The highest BCUT2D eigenvalue weighted by Gasteiger charge is 2.21. The standard InChI is InChI=1S/C21H23N3O2S2/c1-13(19(25)22-12-16-9-6-10-26-16)27-20-17-11-18(15-7-4-3-5-8-15)28-21(17)24-14(2)23-20/h3-5,7-8,11,13,16H,6,9-10,12H2,1-2H3,(H,22,25)/t13-,16-/m0/s1. The van der Waals surface area contributed by atoms with Gasteiger partial charge in [-0.25, -0.2) is 9.97 Å². The van der Waals surface area contributed by atoms with Crippen LogP contribution in [-0.2, 0) is 9.53 Å². The summed E-state index contributed by atoms with van der Waals surface area (Å²) in [5.74, 6) is 0.742. The van der Waals surface area contributed by atoms with E-state index in [0.29, 0.717) is 6.54 Å². The molecular formula is C21H23N3O2S2. The number of carbonyl (C=O) groups is 1. The van der Waals surface area contributed by atoms with Crippen LogP contribution in [0, 0.1) is 6.92 Å². The van der Waals surface area contributed by atoms with Crippen LogP contribution < -0.4 is 5.32 Å². The van der Waals surface area contributed by atoms with Gasteiger partial charge in [0.05, 0.1) is 11.4 Å². The minimum atomic E-state index is -0.237. The van der Waals surface area contributed by atoms with E-state index in [1.165, 1.54) is 17.3 Å². The van der Waals surface area contributed by atoms with Crippen molar-refractivity contribution >= 4 is 39.2 Å². The number of fused-ring (bicyclic) bond motifs is 1. The maximum Gasteiger partial charge on any atom is 0.233 e. The van der Waals surface area contributed by atoms with E-state index in [0.717, 1.165) is 45.4 Å². The number of nitrogens with one attached hydrogen (secondary N) is 1. The van der Waals surface area contributed by atoms with Crippen molar-refractivity contribution in [3.63, 3.8) is 0 Å². The van der Waals surface area contributed by atoms with Crippen LogP contribution in [0.25, 0.3) is 20.7 Å². The van der Waals surface area contributed by atoms with Gasteiger partial charge in [0.1, 0.15) is 15.7 Å². The molecule has 0 radical (unpaired) electrons. The molecule has 1 aromatic carbocycles. The van der Waals surface area contributed by atoms with Crippen molar-refractivity contribution in [1.82, 2.24) is 15.3 Å². The lowest BCUT2D eigenvalue weighted by Gasteiger charge is -2.15. The quantitative estimate of drug-likeness (QED) is 0.478. The fourth-order valence-electron chi connectivity index (χ4n) is 3.22. The predicted octanol–water partition coefficient (Wildman–Crippen LogP) is 4.44. The molecule has 0 spiro atoms. The van der Waals surface area contributed by atoms with Crippen LogP contribution in [0.15, 0.2) is 41.4 Å². The molecule has 5 nitrogen and oxygen atoms in total. The topological polar surface area (TPSA) is 64.1 Å². The Kier molecular flexibility index (Phi) is 5.94. The molecule has 4 rings (SSSR count). The number of aryl methyl sites for hydroxylation is 1. The van der Waals surface area contributed by atoms with Crippen molar-refractivity contribution in [2.75, 3.05) is 13.2 Å². The smallest absolute Gasteiger partial charge is 0.233 e. The highest BCUT2D eigenvalue weighted by Crippen LogP contribution is 2.37. The van der Waals surface area contributed by atoms with Crippen LogP contribution in [0.4, 0.5) is 0 Å². The molecule has 2 aromatic heterocycles. The Bertz CT molecular complexity index is 968.